The van der Waals surface area contributed by atoms with Crippen molar-refractivity contribution in [3.05, 3.63) is 47.1 Å². The first-order chi connectivity index (χ1) is 11.8. The van der Waals surface area contributed by atoms with Gasteiger partial charge in [-0.2, -0.15) is 9.61 Å². The first-order valence-electron chi connectivity index (χ1n) is 8.54. The summed E-state index contributed by atoms with van der Waals surface area (Å²) in [5.41, 5.74) is 1.20. The van der Waals surface area contributed by atoms with Crippen LogP contribution in [0.4, 0.5) is 0 Å². The van der Waals surface area contributed by atoms with Crippen LogP contribution < -0.4 is 0 Å². The van der Waals surface area contributed by atoms with E-state index in [2.05, 4.69) is 46.3 Å². The third kappa shape index (κ3) is 2.70. The lowest BCUT2D eigenvalue weighted by Crippen LogP contribution is -2.36. The van der Waals surface area contributed by atoms with Gasteiger partial charge in [-0.25, -0.2) is 4.98 Å². The molecule has 0 bridgehead atoms. The van der Waals surface area contributed by atoms with E-state index in [0.717, 1.165) is 9.84 Å². The van der Waals surface area contributed by atoms with Gasteiger partial charge in [0.05, 0.1) is 10.9 Å². The molecule has 1 saturated carbocycles. The molecule has 0 saturated heterocycles. The lowest BCUT2D eigenvalue weighted by Gasteiger charge is -2.37. The summed E-state index contributed by atoms with van der Waals surface area (Å²) in [4.78, 5) is 8.33. The van der Waals surface area contributed by atoms with Gasteiger partial charge in [-0.3, -0.25) is 4.90 Å². The average Bonchev–Trinajstić information content (AvgIpc) is 3.21. The number of rotatable bonds is 4. The van der Waals surface area contributed by atoms with E-state index in [1.807, 2.05) is 6.07 Å². The van der Waals surface area contributed by atoms with Gasteiger partial charge in [-0.15, -0.1) is 0 Å². The molecule has 1 aliphatic rings. The van der Waals surface area contributed by atoms with Crippen LogP contribution in [0.15, 0.2) is 36.7 Å². The summed E-state index contributed by atoms with van der Waals surface area (Å²) in [5, 5.41) is 14.8. The fraction of sp³-hybridized carbons (Fsp3) is 0.444. The first-order valence-corrected chi connectivity index (χ1v) is 9.35. The van der Waals surface area contributed by atoms with Gasteiger partial charge in [0.15, 0.2) is 0 Å². The molecule has 0 radical (unpaired) electrons. The van der Waals surface area contributed by atoms with Crippen molar-refractivity contribution in [1.29, 1.82) is 0 Å². The maximum absolute atomic E-state index is 10.7. The maximum Gasteiger partial charge on any atom is 0.230 e. The third-order valence-electron chi connectivity index (χ3n) is 5.06. The van der Waals surface area contributed by atoms with Crippen LogP contribution in [-0.4, -0.2) is 37.7 Å². The predicted molar refractivity (Wildman–Crippen MR) is 95.4 cm³/mol. The molecule has 0 amide bonds. The fourth-order valence-corrected chi connectivity index (χ4v) is 4.89. The van der Waals surface area contributed by atoms with E-state index >= 15 is 0 Å². The van der Waals surface area contributed by atoms with Crippen molar-refractivity contribution < 1.29 is 5.11 Å². The lowest BCUT2D eigenvalue weighted by atomic mass is 9.92. The highest BCUT2D eigenvalue weighted by Gasteiger charge is 2.31. The summed E-state index contributed by atoms with van der Waals surface area (Å²) in [6.07, 6.45) is 7.85. The second-order valence-electron chi connectivity index (χ2n) is 6.51. The van der Waals surface area contributed by atoms with Gasteiger partial charge in [0.25, 0.3) is 0 Å². The number of thiazole rings is 1. The Bertz CT molecular complexity index is 807. The summed E-state index contributed by atoms with van der Waals surface area (Å²) in [6.45, 7) is 0. The van der Waals surface area contributed by atoms with Crippen molar-refractivity contribution in [2.45, 2.75) is 44.2 Å². The molecule has 1 atom stereocenters. The van der Waals surface area contributed by atoms with Crippen molar-refractivity contribution in [2.24, 2.45) is 0 Å². The Morgan fingerprint density at radius 3 is 2.67 bits per heavy atom. The van der Waals surface area contributed by atoms with E-state index in [0.29, 0.717) is 6.04 Å². The van der Waals surface area contributed by atoms with Crippen LogP contribution >= 0.6 is 11.3 Å². The van der Waals surface area contributed by atoms with Gasteiger partial charge < -0.3 is 5.11 Å². The molecule has 0 aliphatic heterocycles. The second kappa shape index (κ2) is 6.53. The van der Waals surface area contributed by atoms with Crippen LogP contribution in [0.2, 0.25) is 0 Å². The molecule has 6 heteroatoms. The number of fused-ring (bicyclic) bond motifs is 1. The fourth-order valence-electron chi connectivity index (χ4n) is 3.78. The highest BCUT2D eigenvalue weighted by molar-refractivity contribution is 7.17. The average molecular weight is 342 g/mol. The van der Waals surface area contributed by atoms with Gasteiger partial charge in [-0.1, -0.05) is 60.9 Å². The topological polar surface area (TPSA) is 53.7 Å². The van der Waals surface area contributed by atoms with Crippen LogP contribution in [0.25, 0.3) is 4.96 Å². The molecule has 2 aromatic heterocycles. The van der Waals surface area contributed by atoms with Crippen LogP contribution in [0, 0.1) is 0 Å². The van der Waals surface area contributed by atoms with Gasteiger partial charge in [0, 0.05) is 6.04 Å². The lowest BCUT2D eigenvalue weighted by molar-refractivity contribution is 0.157. The van der Waals surface area contributed by atoms with Crippen molar-refractivity contribution >= 4 is 16.3 Å². The molecule has 2 heterocycles. The van der Waals surface area contributed by atoms with Crippen LogP contribution in [0.1, 0.15) is 48.6 Å². The smallest absolute Gasteiger partial charge is 0.230 e. The van der Waals surface area contributed by atoms with Gasteiger partial charge in [-0.05, 0) is 25.5 Å². The molecule has 1 aliphatic carbocycles. The van der Waals surface area contributed by atoms with Gasteiger partial charge in [0.1, 0.15) is 6.33 Å². The van der Waals surface area contributed by atoms with Gasteiger partial charge in [0.2, 0.25) is 10.8 Å². The number of benzene rings is 1. The molecule has 4 rings (SSSR count). The van der Waals surface area contributed by atoms with Crippen LogP contribution in [0.5, 0.6) is 5.88 Å². The number of nitrogens with zero attached hydrogens (tertiary/aromatic N) is 4. The van der Waals surface area contributed by atoms with E-state index < -0.39 is 0 Å². The standard InChI is InChI=1S/C18H22N4OS/c1-21(14-10-6-3-7-11-14)15(13-8-4-2-5-9-13)16-17(23)22-18(24-16)19-12-20-22/h2,4-5,8-9,12,14-15,23H,3,6-7,10-11H2,1H3/t15-/m1/s1. The summed E-state index contributed by atoms with van der Waals surface area (Å²) < 4.78 is 1.53. The minimum Gasteiger partial charge on any atom is -0.492 e. The molecule has 0 spiro atoms. The zero-order chi connectivity index (χ0) is 16.5. The molecule has 3 aromatic rings. The third-order valence-corrected chi connectivity index (χ3v) is 6.15. The Morgan fingerprint density at radius 1 is 1.21 bits per heavy atom. The SMILES string of the molecule is CN(C1CCCCC1)[C@H](c1ccccc1)c1sc2ncnn2c1O. The van der Waals surface area contributed by atoms with Crippen LogP contribution in [-0.2, 0) is 0 Å². The van der Waals surface area contributed by atoms with E-state index in [1.165, 1.54) is 59.8 Å². The minimum absolute atomic E-state index is 0.0304. The number of aromatic hydroxyl groups is 1. The molecule has 1 N–H and O–H groups in total. The van der Waals surface area contributed by atoms with Crippen molar-refractivity contribution in [1.82, 2.24) is 19.5 Å². The summed E-state index contributed by atoms with van der Waals surface area (Å²) in [6, 6.07) is 11.0. The predicted octanol–water partition coefficient (Wildman–Crippen LogP) is 3.85. The van der Waals surface area contributed by atoms with Crippen molar-refractivity contribution in [2.75, 3.05) is 7.05 Å². The van der Waals surface area contributed by atoms with Gasteiger partial charge >= 0.3 is 0 Å². The molecule has 5 nitrogen and oxygen atoms in total. The Balaban J connectivity index is 1.78. The minimum atomic E-state index is 0.0304. The van der Waals surface area contributed by atoms with E-state index in [-0.39, 0.29) is 11.9 Å². The highest BCUT2D eigenvalue weighted by Crippen LogP contribution is 2.41. The Labute approximate surface area is 145 Å². The van der Waals surface area contributed by atoms with Crippen LogP contribution in [0.3, 0.4) is 0 Å². The molecule has 0 unspecified atom stereocenters. The largest absolute Gasteiger partial charge is 0.492 e. The molecular formula is C18H22N4OS. The summed E-state index contributed by atoms with van der Waals surface area (Å²) in [5.74, 6) is 0.212. The van der Waals surface area contributed by atoms with E-state index in [9.17, 15) is 5.11 Å². The molecule has 24 heavy (non-hydrogen) atoms. The molecular weight excluding hydrogens is 320 g/mol. The summed E-state index contributed by atoms with van der Waals surface area (Å²) >= 11 is 1.52. The maximum atomic E-state index is 10.7. The number of hydrogen-bond acceptors (Lipinski definition) is 5. The van der Waals surface area contributed by atoms with E-state index in [1.54, 1.807) is 0 Å². The molecule has 126 valence electrons. The van der Waals surface area contributed by atoms with Crippen molar-refractivity contribution in [3.8, 4) is 5.88 Å². The second-order valence-corrected chi connectivity index (χ2v) is 7.52. The summed E-state index contributed by atoms with van der Waals surface area (Å²) in [7, 11) is 2.18. The zero-order valence-corrected chi connectivity index (χ0v) is 14.6. The first kappa shape index (κ1) is 15.6. The number of aromatic nitrogens is 3. The highest BCUT2D eigenvalue weighted by atomic mass is 32.1. The Morgan fingerprint density at radius 2 is 1.96 bits per heavy atom. The molecule has 1 aromatic carbocycles. The monoisotopic (exact) mass is 342 g/mol. The van der Waals surface area contributed by atoms with E-state index in [4.69, 9.17) is 0 Å². The number of hydrogen-bond donors (Lipinski definition) is 1. The zero-order valence-electron chi connectivity index (χ0n) is 13.8. The Hall–Kier alpha value is -1.92. The normalized spacial score (nSPS) is 17.6. The molecule has 1 fully saturated rings. The quantitative estimate of drug-likeness (QED) is 0.782. The van der Waals surface area contributed by atoms with Crippen molar-refractivity contribution in [3.63, 3.8) is 0 Å². The Kier molecular flexibility index (Phi) is 4.24.